The number of ether oxygens (including phenoxy) is 1. The fourth-order valence-electron chi connectivity index (χ4n) is 5.91. The van der Waals surface area contributed by atoms with Gasteiger partial charge in [-0.25, -0.2) is 4.39 Å². The van der Waals surface area contributed by atoms with Gasteiger partial charge in [-0.1, -0.05) is 42.5 Å². The molecule has 2 aliphatic rings. The lowest BCUT2D eigenvalue weighted by Gasteiger charge is -2.51. The predicted molar refractivity (Wildman–Crippen MR) is 139 cm³/mol. The third-order valence-corrected chi connectivity index (χ3v) is 7.92. The van der Waals surface area contributed by atoms with Gasteiger partial charge in [0.25, 0.3) is 5.91 Å². The number of hydrogen-bond acceptors (Lipinski definition) is 3. The van der Waals surface area contributed by atoms with Crippen LogP contribution in [0.15, 0.2) is 72.8 Å². The molecule has 0 aliphatic carbocycles. The lowest BCUT2D eigenvalue weighted by Crippen LogP contribution is -2.67. The van der Waals surface area contributed by atoms with Crippen molar-refractivity contribution in [2.45, 2.75) is 24.8 Å². The molecule has 7 heteroatoms. The highest BCUT2D eigenvalue weighted by Gasteiger charge is 2.56. The lowest BCUT2D eigenvalue weighted by molar-refractivity contribution is -0.166. The van der Waals surface area contributed by atoms with Gasteiger partial charge in [-0.2, -0.15) is 0 Å². The maximum absolute atomic E-state index is 14.1. The van der Waals surface area contributed by atoms with Gasteiger partial charge in [0.05, 0.1) is 19.3 Å². The zero-order chi connectivity index (χ0) is 25.7. The van der Waals surface area contributed by atoms with E-state index in [0.717, 1.165) is 39.0 Å². The molecule has 1 fully saturated rings. The number of aromatic nitrogens is 1. The number of H-pyrrole nitrogens is 1. The van der Waals surface area contributed by atoms with Gasteiger partial charge in [0.2, 0.25) is 5.91 Å². The Morgan fingerprint density at radius 3 is 2.49 bits per heavy atom. The predicted octanol–water partition coefficient (Wildman–Crippen LogP) is 4.59. The Morgan fingerprint density at radius 2 is 1.76 bits per heavy atom. The van der Waals surface area contributed by atoms with Crippen molar-refractivity contribution >= 4 is 22.7 Å². The van der Waals surface area contributed by atoms with Gasteiger partial charge in [-0.05, 0) is 60.4 Å². The second-order valence-corrected chi connectivity index (χ2v) is 9.96. The summed E-state index contributed by atoms with van der Waals surface area (Å²) in [6.07, 6.45) is 0.545. The largest absolute Gasteiger partial charge is 0.497 e. The number of halogens is 1. The number of carbonyl (C=O) groups excluding carboxylic acids is 2. The summed E-state index contributed by atoms with van der Waals surface area (Å²) in [4.78, 5) is 34.6. The Morgan fingerprint density at radius 1 is 1.03 bits per heavy atom. The minimum absolute atomic E-state index is 0.0283. The molecule has 0 saturated carbocycles. The molecule has 6 rings (SSSR count). The fraction of sp³-hybridized carbons (Fsp3) is 0.267. The number of methoxy groups -OCH3 is 1. The van der Waals surface area contributed by atoms with Crippen molar-refractivity contribution in [3.05, 3.63) is 101 Å². The van der Waals surface area contributed by atoms with Crippen molar-refractivity contribution in [2.75, 3.05) is 26.7 Å². The number of rotatable bonds is 5. The van der Waals surface area contributed by atoms with Crippen LogP contribution in [-0.2, 0) is 21.5 Å². The Labute approximate surface area is 214 Å². The van der Waals surface area contributed by atoms with Crippen LogP contribution < -0.4 is 4.74 Å². The molecule has 1 N–H and O–H groups in total. The van der Waals surface area contributed by atoms with Crippen LogP contribution in [0.25, 0.3) is 10.9 Å². The molecule has 3 heterocycles. The number of aromatic amines is 1. The van der Waals surface area contributed by atoms with Crippen molar-refractivity contribution in [3.8, 4) is 5.75 Å². The van der Waals surface area contributed by atoms with Crippen molar-refractivity contribution in [3.63, 3.8) is 0 Å². The van der Waals surface area contributed by atoms with Crippen LogP contribution in [0.3, 0.4) is 0 Å². The molecule has 0 bridgehead atoms. The average molecular weight is 498 g/mol. The Bertz CT molecular complexity index is 1500. The standard InChI is InChI=1S/C30H28FN3O3/c1-30-28-27(23-5-3-4-6-25(23)32-28)24(20-9-13-22(37-2)14-10-20)17-34(30)26(35)18-33(29(30)36)16-15-19-7-11-21(31)12-8-19/h3-14,24,32H,15-18H2,1-2H3/t24-,30-/m0/s1. The molecule has 2 aliphatic heterocycles. The van der Waals surface area contributed by atoms with Gasteiger partial charge in [-0.3, -0.25) is 9.59 Å². The first-order valence-electron chi connectivity index (χ1n) is 12.5. The zero-order valence-corrected chi connectivity index (χ0v) is 20.8. The van der Waals surface area contributed by atoms with Gasteiger partial charge in [0.1, 0.15) is 11.6 Å². The molecule has 0 radical (unpaired) electrons. The number of benzene rings is 3. The van der Waals surface area contributed by atoms with Crippen molar-refractivity contribution in [1.82, 2.24) is 14.8 Å². The number of amides is 2. The summed E-state index contributed by atoms with van der Waals surface area (Å²) in [5.41, 5.74) is 3.61. The van der Waals surface area contributed by atoms with E-state index in [0.29, 0.717) is 19.5 Å². The summed E-state index contributed by atoms with van der Waals surface area (Å²) >= 11 is 0. The summed E-state index contributed by atoms with van der Waals surface area (Å²) in [6.45, 7) is 2.68. The molecule has 3 aromatic carbocycles. The number of para-hydroxylation sites is 1. The summed E-state index contributed by atoms with van der Waals surface area (Å²) in [6, 6.07) is 22.2. The smallest absolute Gasteiger partial charge is 0.254 e. The van der Waals surface area contributed by atoms with E-state index in [2.05, 4.69) is 11.1 Å². The number of nitrogens with one attached hydrogen (secondary N) is 1. The monoisotopic (exact) mass is 497 g/mol. The van der Waals surface area contributed by atoms with Crippen molar-refractivity contribution in [1.29, 1.82) is 0 Å². The molecule has 4 aromatic rings. The SMILES string of the molecule is COc1ccc([C@@H]2CN3C(=O)CN(CCc4ccc(F)cc4)C(=O)[C@]3(C)c3[nH]c4ccccc4c32)cc1. The molecule has 1 aromatic heterocycles. The first kappa shape index (κ1) is 23.3. The van der Waals surface area contributed by atoms with E-state index in [9.17, 15) is 14.0 Å². The third kappa shape index (κ3) is 3.68. The van der Waals surface area contributed by atoms with Crippen molar-refractivity contribution in [2.24, 2.45) is 0 Å². The highest BCUT2D eigenvalue weighted by Crippen LogP contribution is 2.48. The number of hydrogen-bond donors (Lipinski definition) is 1. The summed E-state index contributed by atoms with van der Waals surface area (Å²) in [7, 11) is 1.64. The van der Waals surface area contributed by atoms with E-state index >= 15 is 0 Å². The van der Waals surface area contributed by atoms with Gasteiger partial charge in [0, 0.05) is 29.9 Å². The minimum Gasteiger partial charge on any atom is -0.497 e. The topological polar surface area (TPSA) is 65.6 Å². The van der Waals surface area contributed by atoms with Gasteiger partial charge in [0.15, 0.2) is 5.54 Å². The normalized spacial score (nSPS) is 21.2. The molecule has 2 atom stereocenters. The first-order chi connectivity index (χ1) is 17.9. The van der Waals surface area contributed by atoms with Crippen LogP contribution in [0.5, 0.6) is 5.75 Å². The number of fused-ring (bicyclic) bond motifs is 5. The van der Waals surface area contributed by atoms with E-state index in [-0.39, 0.29) is 30.1 Å². The summed E-state index contributed by atoms with van der Waals surface area (Å²) in [5, 5.41) is 1.06. The average Bonchev–Trinajstić information content (AvgIpc) is 3.32. The first-order valence-corrected chi connectivity index (χ1v) is 12.5. The third-order valence-electron chi connectivity index (χ3n) is 7.92. The number of piperazine rings is 1. The van der Waals surface area contributed by atoms with Gasteiger partial charge >= 0.3 is 0 Å². The van der Waals surface area contributed by atoms with Crippen molar-refractivity contribution < 1.29 is 18.7 Å². The number of nitrogens with zero attached hydrogens (tertiary/aromatic N) is 2. The zero-order valence-electron chi connectivity index (χ0n) is 20.8. The second-order valence-electron chi connectivity index (χ2n) is 9.96. The second kappa shape index (κ2) is 8.76. The van der Waals surface area contributed by atoms with Crippen LogP contribution in [0.4, 0.5) is 4.39 Å². The Hall–Kier alpha value is -4.13. The van der Waals surface area contributed by atoms with Crippen LogP contribution in [0.1, 0.15) is 35.2 Å². The minimum atomic E-state index is -1.14. The molecule has 0 spiro atoms. The highest BCUT2D eigenvalue weighted by molar-refractivity contribution is 6.01. The highest BCUT2D eigenvalue weighted by atomic mass is 19.1. The molecule has 37 heavy (non-hydrogen) atoms. The molecule has 6 nitrogen and oxygen atoms in total. The maximum Gasteiger partial charge on any atom is 0.254 e. The molecular weight excluding hydrogens is 469 g/mol. The number of carbonyl (C=O) groups is 2. The van der Waals surface area contributed by atoms with Crippen LogP contribution in [0.2, 0.25) is 0 Å². The molecule has 0 unspecified atom stereocenters. The van der Waals surface area contributed by atoms with Crippen LogP contribution in [0, 0.1) is 5.82 Å². The quantitative estimate of drug-likeness (QED) is 0.439. The van der Waals surface area contributed by atoms with E-state index < -0.39 is 5.54 Å². The molecule has 188 valence electrons. The fourth-order valence-corrected chi connectivity index (χ4v) is 5.91. The van der Waals surface area contributed by atoms with E-state index in [1.807, 2.05) is 49.4 Å². The summed E-state index contributed by atoms with van der Waals surface area (Å²) < 4.78 is 18.7. The lowest BCUT2D eigenvalue weighted by atomic mass is 9.76. The maximum atomic E-state index is 14.1. The Kier molecular flexibility index (Phi) is 5.51. The van der Waals surface area contributed by atoms with Gasteiger partial charge in [-0.15, -0.1) is 0 Å². The van der Waals surface area contributed by atoms with Crippen LogP contribution in [-0.4, -0.2) is 53.3 Å². The van der Waals surface area contributed by atoms with Gasteiger partial charge < -0.3 is 19.5 Å². The van der Waals surface area contributed by atoms with E-state index in [1.54, 1.807) is 29.0 Å². The van der Waals surface area contributed by atoms with E-state index in [1.165, 1.54) is 12.1 Å². The molecule has 1 saturated heterocycles. The summed E-state index contributed by atoms with van der Waals surface area (Å²) in [5.74, 6) is 0.201. The molecular formula is C30H28FN3O3. The van der Waals surface area contributed by atoms with Crippen LogP contribution >= 0.6 is 0 Å². The van der Waals surface area contributed by atoms with E-state index in [4.69, 9.17) is 4.74 Å². The Balaban J connectivity index is 1.42. The molecule has 2 amide bonds.